The highest BCUT2D eigenvalue weighted by molar-refractivity contribution is 8.07. The van der Waals surface area contributed by atoms with Crippen molar-refractivity contribution in [1.29, 1.82) is 0 Å². The van der Waals surface area contributed by atoms with Crippen LogP contribution in [-0.4, -0.2) is 40.3 Å². The zero-order chi connectivity index (χ0) is 14.5. The smallest absolute Gasteiger partial charge is 0.165 e. The molecule has 112 valence electrons. The highest BCUT2D eigenvalue weighted by Crippen LogP contribution is 2.36. The van der Waals surface area contributed by atoms with E-state index in [1.54, 1.807) is 6.07 Å². The van der Waals surface area contributed by atoms with E-state index in [1.165, 1.54) is 13.2 Å². The number of methoxy groups -OCH3 is 1. The number of halogens is 1. The van der Waals surface area contributed by atoms with Gasteiger partial charge in [-0.2, -0.15) is 23.5 Å². The van der Waals surface area contributed by atoms with Crippen LogP contribution < -0.4 is 4.74 Å². The van der Waals surface area contributed by atoms with Crippen molar-refractivity contribution >= 4 is 23.5 Å². The predicted octanol–water partition coefficient (Wildman–Crippen LogP) is 3.36. The van der Waals surface area contributed by atoms with E-state index in [0.29, 0.717) is 11.7 Å². The Morgan fingerprint density at radius 1 is 1.40 bits per heavy atom. The summed E-state index contributed by atoms with van der Waals surface area (Å²) >= 11 is 3.79. The third kappa shape index (κ3) is 3.83. The van der Waals surface area contributed by atoms with Crippen LogP contribution in [0.1, 0.15) is 18.9 Å². The maximum Gasteiger partial charge on any atom is 0.165 e. The molecule has 0 amide bonds. The molecular formula is C15H21FO2S2. The molecule has 0 aromatic heterocycles. The van der Waals surface area contributed by atoms with E-state index in [0.717, 1.165) is 23.5 Å². The first kappa shape index (κ1) is 16.0. The summed E-state index contributed by atoms with van der Waals surface area (Å²) in [5.74, 6) is 2.12. The number of ether oxygens (including phenoxy) is 1. The van der Waals surface area contributed by atoms with Crippen LogP contribution in [0.2, 0.25) is 0 Å². The largest absolute Gasteiger partial charge is 0.494 e. The van der Waals surface area contributed by atoms with Gasteiger partial charge in [-0.3, -0.25) is 0 Å². The van der Waals surface area contributed by atoms with Gasteiger partial charge in [0.05, 0.1) is 13.2 Å². The van der Waals surface area contributed by atoms with Crippen LogP contribution in [0.15, 0.2) is 18.2 Å². The Morgan fingerprint density at radius 3 is 2.80 bits per heavy atom. The lowest BCUT2D eigenvalue weighted by Crippen LogP contribution is -2.37. The Morgan fingerprint density at radius 2 is 2.15 bits per heavy atom. The summed E-state index contributed by atoms with van der Waals surface area (Å²) in [6.45, 7) is 2.16. The van der Waals surface area contributed by atoms with Gasteiger partial charge >= 0.3 is 0 Å². The second-order valence-electron chi connectivity index (χ2n) is 4.89. The number of rotatable bonds is 5. The third-order valence-corrected chi connectivity index (χ3v) is 6.93. The minimum Gasteiger partial charge on any atom is -0.494 e. The monoisotopic (exact) mass is 316 g/mol. The average molecular weight is 316 g/mol. The summed E-state index contributed by atoms with van der Waals surface area (Å²) in [6, 6.07) is 4.91. The molecular weight excluding hydrogens is 295 g/mol. The number of aliphatic hydroxyl groups is 1. The minimum absolute atomic E-state index is 0.240. The number of aliphatic hydroxyl groups excluding tert-OH is 1. The molecule has 1 aromatic rings. The van der Waals surface area contributed by atoms with E-state index in [1.807, 2.05) is 29.6 Å². The first-order valence-corrected chi connectivity index (χ1v) is 8.99. The minimum atomic E-state index is -0.425. The molecule has 1 aliphatic heterocycles. The fraction of sp³-hybridized carbons (Fsp3) is 0.600. The van der Waals surface area contributed by atoms with Crippen molar-refractivity contribution in [2.45, 2.75) is 36.4 Å². The van der Waals surface area contributed by atoms with Crippen LogP contribution in [-0.2, 0) is 6.42 Å². The molecule has 1 heterocycles. The Hall–Kier alpha value is -0.390. The van der Waals surface area contributed by atoms with Crippen LogP contribution in [0.4, 0.5) is 4.39 Å². The standard InChI is InChI=1S/C15H21FO2S2/c1-3-14-15(20-7-6-19-14)12(17)9-10-4-5-13(18-2)11(16)8-10/h4-5,8,12,14-15,17H,3,6-7,9H2,1-2H3. The van der Waals surface area contributed by atoms with Gasteiger partial charge in [-0.25, -0.2) is 4.39 Å². The molecule has 0 radical (unpaired) electrons. The van der Waals surface area contributed by atoms with Crippen molar-refractivity contribution in [2.24, 2.45) is 0 Å². The highest BCUT2D eigenvalue weighted by Gasteiger charge is 2.31. The van der Waals surface area contributed by atoms with E-state index in [9.17, 15) is 9.50 Å². The van der Waals surface area contributed by atoms with Gasteiger partial charge in [0.15, 0.2) is 11.6 Å². The van der Waals surface area contributed by atoms with E-state index in [-0.39, 0.29) is 16.8 Å². The molecule has 3 atom stereocenters. The number of benzene rings is 1. The van der Waals surface area contributed by atoms with Gasteiger partial charge in [0, 0.05) is 22.0 Å². The molecule has 1 aromatic carbocycles. The lowest BCUT2D eigenvalue weighted by molar-refractivity contribution is 0.169. The lowest BCUT2D eigenvalue weighted by Gasteiger charge is -2.33. The molecule has 20 heavy (non-hydrogen) atoms. The summed E-state index contributed by atoms with van der Waals surface area (Å²) in [5, 5.41) is 11.2. The van der Waals surface area contributed by atoms with Crippen LogP contribution in [0.25, 0.3) is 0 Å². The molecule has 2 rings (SSSR count). The second-order valence-corrected chi connectivity index (χ2v) is 7.53. The predicted molar refractivity (Wildman–Crippen MR) is 85.4 cm³/mol. The van der Waals surface area contributed by atoms with Gasteiger partial charge in [0.25, 0.3) is 0 Å². The Labute approximate surface area is 128 Å². The van der Waals surface area contributed by atoms with Gasteiger partial charge in [0.1, 0.15) is 0 Å². The first-order chi connectivity index (χ1) is 9.65. The van der Waals surface area contributed by atoms with Gasteiger partial charge in [-0.15, -0.1) is 0 Å². The maximum absolute atomic E-state index is 13.7. The maximum atomic E-state index is 13.7. The van der Waals surface area contributed by atoms with Gasteiger partial charge < -0.3 is 9.84 Å². The number of thioether (sulfide) groups is 2. The van der Waals surface area contributed by atoms with Crippen LogP contribution in [0.3, 0.4) is 0 Å². The van der Waals surface area contributed by atoms with Crippen molar-refractivity contribution in [3.63, 3.8) is 0 Å². The average Bonchev–Trinajstić information content (AvgIpc) is 2.47. The van der Waals surface area contributed by atoms with Crippen molar-refractivity contribution in [1.82, 2.24) is 0 Å². The van der Waals surface area contributed by atoms with Crippen molar-refractivity contribution in [3.8, 4) is 5.75 Å². The molecule has 1 saturated heterocycles. The summed E-state index contributed by atoms with van der Waals surface area (Å²) in [4.78, 5) is 0. The lowest BCUT2D eigenvalue weighted by atomic mass is 10.0. The summed E-state index contributed by atoms with van der Waals surface area (Å²) in [6.07, 6.45) is 1.14. The molecule has 3 unspecified atom stereocenters. The molecule has 0 spiro atoms. The topological polar surface area (TPSA) is 29.5 Å². The van der Waals surface area contributed by atoms with E-state index < -0.39 is 6.10 Å². The molecule has 1 N–H and O–H groups in total. The quantitative estimate of drug-likeness (QED) is 0.902. The van der Waals surface area contributed by atoms with Gasteiger partial charge in [-0.1, -0.05) is 13.0 Å². The third-order valence-electron chi connectivity index (χ3n) is 3.53. The normalized spacial score (nSPS) is 24.4. The molecule has 2 nitrogen and oxygen atoms in total. The molecule has 5 heteroatoms. The van der Waals surface area contributed by atoms with Gasteiger partial charge in [0.2, 0.25) is 0 Å². The number of hydrogen-bond donors (Lipinski definition) is 1. The van der Waals surface area contributed by atoms with Crippen LogP contribution >= 0.6 is 23.5 Å². The van der Waals surface area contributed by atoms with Crippen LogP contribution in [0, 0.1) is 5.82 Å². The van der Waals surface area contributed by atoms with Gasteiger partial charge in [-0.05, 0) is 30.5 Å². The Bertz CT molecular complexity index is 442. The second kappa shape index (κ2) is 7.57. The van der Waals surface area contributed by atoms with Crippen molar-refractivity contribution in [2.75, 3.05) is 18.6 Å². The van der Waals surface area contributed by atoms with Crippen molar-refractivity contribution in [3.05, 3.63) is 29.6 Å². The Kier molecular flexibility index (Phi) is 6.05. The van der Waals surface area contributed by atoms with E-state index >= 15 is 0 Å². The zero-order valence-corrected chi connectivity index (χ0v) is 13.5. The van der Waals surface area contributed by atoms with Crippen LogP contribution in [0.5, 0.6) is 5.75 Å². The molecule has 1 fully saturated rings. The SMILES string of the molecule is CCC1SCCSC1C(O)Cc1ccc(OC)c(F)c1. The zero-order valence-electron chi connectivity index (χ0n) is 11.8. The van der Waals surface area contributed by atoms with E-state index in [2.05, 4.69) is 6.92 Å². The highest BCUT2D eigenvalue weighted by atomic mass is 32.2. The van der Waals surface area contributed by atoms with E-state index in [4.69, 9.17) is 4.74 Å². The fourth-order valence-electron chi connectivity index (χ4n) is 2.49. The molecule has 0 aliphatic carbocycles. The summed E-state index contributed by atoms with van der Waals surface area (Å²) in [5.41, 5.74) is 0.821. The number of hydrogen-bond acceptors (Lipinski definition) is 4. The molecule has 1 aliphatic rings. The summed E-state index contributed by atoms with van der Waals surface area (Å²) < 4.78 is 18.6. The Balaban J connectivity index is 2.03. The van der Waals surface area contributed by atoms with Crippen molar-refractivity contribution < 1.29 is 14.2 Å². The molecule has 0 bridgehead atoms. The first-order valence-electron chi connectivity index (χ1n) is 6.89. The summed E-state index contributed by atoms with van der Waals surface area (Å²) in [7, 11) is 1.45. The molecule has 0 saturated carbocycles. The fourth-order valence-corrected chi connectivity index (χ4v) is 5.64.